The molecule has 0 saturated carbocycles. The maximum absolute atomic E-state index is 11.1. The van der Waals surface area contributed by atoms with Crippen LogP contribution in [0.5, 0.6) is 0 Å². The van der Waals surface area contributed by atoms with Crippen molar-refractivity contribution in [2.75, 3.05) is 5.73 Å². The van der Waals surface area contributed by atoms with E-state index in [1.807, 2.05) is 31.2 Å². The van der Waals surface area contributed by atoms with Crippen LogP contribution in [0.3, 0.4) is 0 Å². The van der Waals surface area contributed by atoms with Gasteiger partial charge in [-0.25, -0.2) is 5.10 Å². The van der Waals surface area contributed by atoms with Crippen LogP contribution in [0, 0.1) is 6.92 Å². The highest BCUT2D eigenvalue weighted by molar-refractivity contribution is 5.86. The summed E-state index contributed by atoms with van der Waals surface area (Å²) in [7, 11) is 0. The third-order valence-electron chi connectivity index (χ3n) is 3.05. The number of hydrogen-bond acceptors (Lipinski definition) is 5. The van der Waals surface area contributed by atoms with Gasteiger partial charge in [-0.2, -0.15) is 5.10 Å². The van der Waals surface area contributed by atoms with Gasteiger partial charge in [0.2, 0.25) is 5.88 Å². The van der Waals surface area contributed by atoms with Gasteiger partial charge in [0, 0.05) is 6.07 Å². The first-order valence-corrected chi connectivity index (χ1v) is 6.04. The van der Waals surface area contributed by atoms with Gasteiger partial charge in [0.05, 0.1) is 5.56 Å². The number of benzene rings is 1. The summed E-state index contributed by atoms with van der Waals surface area (Å²) in [6.45, 7) is 1.98. The molecule has 0 spiro atoms. The van der Waals surface area contributed by atoms with E-state index >= 15 is 0 Å². The number of aromatic nitrogens is 3. The van der Waals surface area contributed by atoms with Crippen LogP contribution in [0.15, 0.2) is 45.7 Å². The number of rotatable bonds is 2. The highest BCUT2D eigenvalue weighted by atomic mass is 16.5. The molecule has 0 bridgehead atoms. The predicted molar refractivity (Wildman–Crippen MR) is 74.9 cm³/mol. The molecule has 0 amide bonds. The lowest BCUT2D eigenvalue weighted by Crippen LogP contribution is -2.06. The van der Waals surface area contributed by atoms with Gasteiger partial charge in [-0.1, -0.05) is 29.4 Å². The second-order valence-corrected chi connectivity index (χ2v) is 4.39. The first kappa shape index (κ1) is 12.2. The highest BCUT2D eigenvalue weighted by Crippen LogP contribution is 2.36. The van der Waals surface area contributed by atoms with E-state index in [0.717, 1.165) is 11.1 Å². The fourth-order valence-electron chi connectivity index (χ4n) is 2.07. The molecule has 6 nitrogen and oxygen atoms in total. The Hall–Kier alpha value is -2.89. The summed E-state index contributed by atoms with van der Waals surface area (Å²) in [4.78, 5) is 11.1. The number of anilines is 1. The molecule has 0 unspecified atom stereocenters. The fourth-order valence-corrected chi connectivity index (χ4v) is 2.07. The second-order valence-electron chi connectivity index (χ2n) is 4.39. The maximum atomic E-state index is 11.1. The molecule has 0 saturated heterocycles. The molecule has 2 aromatic heterocycles. The molecule has 3 N–H and O–H groups in total. The Bertz CT molecular complexity index is 800. The molecule has 6 heteroatoms. The molecule has 0 aliphatic heterocycles. The second kappa shape index (κ2) is 4.65. The van der Waals surface area contributed by atoms with Crippen LogP contribution in [0.2, 0.25) is 0 Å². The third-order valence-corrected chi connectivity index (χ3v) is 3.05. The van der Waals surface area contributed by atoms with Crippen molar-refractivity contribution < 1.29 is 4.52 Å². The Morgan fingerprint density at radius 2 is 2.00 bits per heavy atom. The standard InChI is InChI=1S/C14H12N4O2/c1-8-4-2-3-5-9(8)12-13(18-20-14(12)15)10-6-7-11(19)17-16-10/h2-7H,15H2,1H3,(H,17,19). The largest absolute Gasteiger partial charge is 0.367 e. The van der Waals surface area contributed by atoms with Crippen LogP contribution in [0.1, 0.15) is 5.56 Å². The van der Waals surface area contributed by atoms with Gasteiger partial charge in [-0.3, -0.25) is 4.79 Å². The van der Waals surface area contributed by atoms with Crippen molar-refractivity contribution in [3.63, 3.8) is 0 Å². The van der Waals surface area contributed by atoms with Crippen LogP contribution < -0.4 is 11.3 Å². The minimum Gasteiger partial charge on any atom is -0.367 e. The van der Waals surface area contributed by atoms with E-state index in [1.54, 1.807) is 6.07 Å². The molecule has 0 radical (unpaired) electrons. The zero-order valence-electron chi connectivity index (χ0n) is 10.8. The minimum absolute atomic E-state index is 0.224. The molecular formula is C14H12N4O2. The molecule has 3 aromatic rings. The summed E-state index contributed by atoms with van der Waals surface area (Å²) in [5, 5.41) is 10.3. The van der Waals surface area contributed by atoms with Crippen LogP contribution in [-0.2, 0) is 0 Å². The number of hydrogen-bond donors (Lipinski definition) is 2. The van der Waals surface area contributed by atoms with Crippen LogP contribution in [0.4, 0.5) is 5.88 Å². The van der Waals surface area contributed by atoms with Gasteiger partial charge in [0.15, 0.2) is 0 Å². The summed E-state index contributed by atoms with van der Waals surface area (Å²) in [5.41, 5.74) is 9.27. The third kappa shape index (κ3) is 1.97. The van der Waals surface area contributed by atoms with Gasteiger partial charge < -0.3 is 10.3 Å². The maximum Gasteiger partial charge on any atom is 0.264 e. The van der Waals surface area contributed by atoms with Crippen LogP contribution >= 0.6 is 0 Å². The number of nitrogen functional groups attached to an aromatic ring is 1. The smallest absolute Gasteiger partial charge is 0.264 e. The van der Waals surface area contributed by atoms with Crippen molar-refractivity contribution in [2.45, 2.75) is 6.92 Å². The number of H-pyrrole nitrogens is 1. The summed E-state index contributed by atoms with van der Waals surface area (Å²) >= 11 is 0. The molecule has 20 heavy (non-hydrogen) atoms. The average Bonchev–Trinajstić information content (AvgIpc) is 2.82. The SMILES string of the molecule is Cc1ccccc1-c1c(-c2ccc(=O)[nH]n2)noc1N. The lowest BCUT2D eigenvalue weighted by molar-refractivity contribution is 0.439. The number of nitrogens with one attached hydrogen (secondary N) is 1. The van der Waals surface area contributed by atoms with Gasteiger partial charge in [-0.05, 0) is 24.1 Å². The number of nitrogens with two attached hydrogens (primary N) is 1. The lowest BCUT2D eigenvalue weighted by Gasteiger charge is -2.05. The van der Waals surface area contributed by atoms with Crippen molar-refractivity contribution in [1.29, 1.82) is 0 Å². The minimum atomic E-state index is -0.275. The predicted octanol–water partition coefficient (Wildman–Crippen LogP) is 1.98. The van der Waals surface area contributed by atoms with E-state index in [2.05, 4.69) is 15.4 Å². The molecule has 100 valence electrons. The molecule has 0 aliphatic rings. The van der Waals surface area contributed by atoms with Gasteiger partial charge in [0.1, 0.15) is 11.4 Å². The Morgan fingerprint density at radius 3 is 2.70 bits per heavy atom. The van der Waals surface area contributed by atoms with E-state index < -0.39 is 0 Å². The van der Waals surface area contributed by atoms with Gasteiger partial charge in [0.25, 0.3) is 5.56 Å². The molecule has 0 aliphatic carbocycles. The Labute approximate surface area is 114 Å². The van der Waals surface area contributed by atoms with Crippen LogP contribution in [-0.4, -0.2) is 15.4 Å². The van der Waals surface area contributed by atoms with Crippen molar-refractivity contribution in [3.05, 3.63) is 52.3 Å². The summed E-state index contributed by atoms with van der Waals surface area (Å²) < 4.78 is 5.09. The summed E-state index contributed by atoms with van der Waals surface area (Å²) in [6.07, 6.45) is 0. The summed E-state index contributed by atoms with van der Waals surface area (Å²) in [5.74, 6) is 0.224. The van der Waals surface area contributed by atoms with Crippen LogP contribution in [0.25, 0.3) is 22.5 Å². The van der Waals surface area contributed by atoms with E-state index in [0.29, 0.717) is 17.0 Å². The average molecular weight is 268 g/mol. The molecule has 0 fully saturated rings. The van der Waals surface area contributed by atoms with E-state index in [1.165, 1.54) is 6.07 Å². The lowest BCUT2D eigenvalue weighted by atomic mass is 9.99. The van der Waals surface area contributed by atoms with Gasteiger partial charge >= 0.3 is 0 Å². The van der Waals surface area contributed by atoms with E-state index in [9.17, 15) is 4.79 Å². The zero-order valence-corrected chi connectivity index (χ0v) is 10.8. The van der Waals surface area contributed by atoms with Crippen molar-refractivity contribution in [3.8, 4) is 22.5 Å². The molecule has 1 aromatic carbocycles. The number of aryl methyl sites for hydroxylation is 1. The van der Waals surface area contributed by atoms with Crippen molar-refractivity contribution in [1.82, 2.24) is 15.4 Å². The topological polar surface area (TPSA) is 97.8 Å². The van der Waals surface area contributed by atoms with Gasteiger partial charge in [-0.15, -0.1) is 0 Å². The number of nitrogens with zero attached hydrogens (tertiary/aromatic N) is 2. The summed E-state index contributed by atoms with van der Waals surface area (Å²) in [6, 6.07) is 10.7. The van der Waals surface area contributed by atoms with E-state index in [4.69, 9.17) is 10.3 Å². The quantitative estimate of drug-likeness (QED) is 0.740. The van der Waals surface area contributed by atoms with E-state index in [-0.39, 0.29) is 11.4 Å². The molecule has 3 rings (SSSR count). The monoisotopic (exact) mass is 268 g/mol. The highest BCUT2D eigenvalue weighted by Gasteiger charge is 2.19. The number of aromatic amines is 1. The first-order valence-electron chi connectivity index (χ1n) is 6.04. The normalized spacial score (nSPS) is 10.7. The molecular weight excluding hydrogens is 256 g/mol. The van der Waals surface area contributed by atoms with Crippen molar-refractivity contribution >= 4 is 5.88 Å². The molecule has 0 atom stereocenters. The Balaban J connectivity index is 2.23. The Morgan fingerprint density at radius 1 is 1.20 bits per heavy atom. The Kier molecular flexibility index (Phi) is 2.83. The fraction of sp³-hybridized carbons (Fsp3) is 0.0714. The molecule has 2 heterocycles. The zero-order chi connectivity index (χ0) is 14.1. The first-order chi connectivity index (χ1) is 9.66. The van der Waals surface area contributed by atoms with Crippen molar-refractivity contribution in [2.24, 2.45) is 0 Å².